The number of nitrogens with two attached hydrogens (primary N) is 1. The van der Waals surface area contributed by atoms with E-state index in [1.807, 2.05) is 0 Å². The van der Waals surface area contributed by atoms with Gasteiger partial charge in [-0.25, -0.2) is 9.97 Å². The second-order valence-electron chi connectivity index (χ2n) is 2.70. The van der Waals surface area contributed by atoms with Crippen LogP contribution < -0.4 is 5.73 Å². The van der Waals surface area contributed by atoms with Crippen LogP contribution in [0.15, 0.2) is 5.03 Å². The van der Waals surface area contributed by atoms with E-state index in [0.29, 0.717) is 0 Å². The molecule has 1 heterocycles. The molecule has 0 aliphatic heterocycles. The summed E-state index contributed by atoms with van der Waals surface area (Å²) in [5, 5.41) is 17.7. The van der Waals surface area contributed by atoms with Gasteiger partial charge in [0.05, 0.1) is 12.9 Å². The molecule has 8 heteroatoms. The van der Waals surface area contributed by atoms with Gasteiger partial charge in [-0.05, 0) is 0 Å². The molecule has 2 N–H and O–H groups in total. The van der Waals surface area contributed by atoms with Crippen molar-refractivity contribution < 1.29 is 9.53 Å². The van der Waals surface area contributed by atoms with Crippen LogP contribution in [0.25, 0.3) is 0 Å². The van der Waals surface area contributed by atoms with Crippen molar-refractivity contribution in [2.75, 3.05) is 18.6 Å². The lowest BCUT2D eigenvalue weighted by molar-refractivity contribution is -0.137. The minimum atomic E-state index is -0.455. The number of nitrogen functional groups attached to an aromatic ring is 1. The molecule has 17 heavy (non-hydrogen) atoms. The largest absolute Gasteiger partial charge is 0.468 e. The van der Waals surface area contributed by atoms with Crippen LogP contribution in [0.3, 0.4) is 0 Å². The molecule has 0 aliphatic rings. The molecule has 0 amide bonds. The van der Waals surface area contributed by atoms with Crippen LogP contribution in [0.4, 0.5) is 5.82 Å². The lowest BCUT2D eigenvalue weighted by atomic mass is 10.4. The van der Waals surface area contributed by atoms with Gasteiger partial charge >= 0.3 is 5.97 Å². The lowest BCUT2D eigenvalue weighted by Gasteiger charge is -2.03. The van der Waals surface area contributed by atoms with Gasteiger partial charge in [0.15, 0.2) is 17.2 Å². The summed E-state index contributed by atoms with van der Waals surface area (Å²) in [7, 11) is 1.26. The quantitative estimate of drug-likeness (QED) is 0.589. The van der Waals surface area contributed by atoms with Gasteiger partial charge in [-0.1, -0.05) is 11.8 Å². The molecule has 0 unspecified atom stereocenters. The third kappa shape index (κ3) is 3.06. The van der Waals surface area contributed by atoms with Crippen molar-refractivity contribution in [3.05, 3.63) is 11.4 Å². The first-order valence-corrected chi connectivity index (χ1v) is 5.28. The number of esters is 1. The SMILES string of the molecule is COC(=O)CSc1nc(N)c(C#N)nc1C#N. The first-order chi connectivity index (χ1) is 8.12. The van der Waals surface area contributed by atoms with E-state index < -0.39 is 5.97 Å². The number of ether oxygens (including phenoxy) is 1. The number of anilines is 1. The maximum Gasteiger partial charge on any atom is 0.316 e. The number of thioether (sulfide) groups is 1. The summed E-state index contributed by atoms with van der Waals surface area (Å²) in [5.41, 5.74) is 5.31. The fourth-order valence-electron chi connectivity index (χ4n) is 0.874. The number of carbonyl (C=O) groups is 1. The first-order valence-electron chi connectivity index (χ1n) is 4.29. The van der Waals surface area contributed by atoms with Crippen molar-refractivity contribution in [1.82, 2.24) is 9.97 Å². The molecular formula is C9H7N5O2S. The van der Waals surface area contributed by atoms with Gasteiger partial charge in [0.25, 0.3) is 0 Å². The Morgan fingerprint density at radius 1 is 1.41 bits per heavy atom. The third-order valence-electron chi connectivity index (χ3n) is 1.66. The van der Waals surface area contributed by atoms with Crippen molar-refractivity contribution in [1.29, 1.82) is 10.5 Å². The number of nitrogens with zero attached hydrogens (tertiary/aromatic N) is 4. The van der Waals surface area contributed by atoms with Crippen LogP contribution in [0.5, 0.6) is 0 Å². The van der Waals surface area contributed by atoms with Crippen LogP contribution in [-0.4, -0.2) is 28.8 Å². The maximum atomic E-state index is 10.9. The minimum Gasteiger partial charge on any atom is -0.468 e. The van der Waals surface area contributed by atoms with Crippen LogP contribution in [0.1, 0.15) is 11.4 Å². The summed E-state index contributed by atoms with van der Waals surface area (Å²) in [6, 6.07) is 3.51. The molecule has 0 aromatic carbocycles. The van der Waals surface area contributed by atoms with Gasteiger partial charge in [-0.2, -0.15) is 10.5 Å². The van der Waals surface area contributed by atoms with Gasteiger partial charge in [0.1, 0.15) is 17.2 Å². The van der Waals surface area contributed by atoms with E-state index in [4.69, 9.17) is 16.3 Å². The van der Waals surface area contributed by atoms with E-state index >= 15 is 0 Å². The highest BCUT2D eigenvalue weighted by atomic mass is 32.2. The Kier molecular flexibility index (Phi) is 4.26. The average molecular weight is 249 g/mol. The van der Waals surface area contributed by atoms with Gasteiger partial charge in [-0.3, -0.25) is 4.79 Å². The van der Waals surface area contributed by atoms with Gasteiger partial charge < -0.3 is 10.5 Å². The Morgan fingerprint density at radius 2 is 2.06 bits per heavy atom. The predicted molar refractivity (Wildman–Crippen MR) is 58.6 cm³/mol. The average Bonchev–Trinajstić information content (AvgIpc) is 2.35. The third-order valence-corrected chi connectivity index (χ3v) is 2.60. The molecule has 0 radical (unpaired) electrons. The molecule has 0 aliphatic carbocycles. The molecule has 0 fully saturated rings. The van der Waals surface area contributed by atoms with E-state index in [9.17, 15) is 4.79 Å². The van der Waals surface area contributed by atoms with Crippen LogP contribution in [0.2, 0.25) is 0 Å². The molecule has 0 saturated carbocycles. The van der Waals surface area contributed by atoms with Crippen molar-refractivity contribution in [3.63, 3.8) is 0 Å². The van der Waals surface area contributed by atoms with Gasteiger partial charge in [-0.15, -0.1) is 0 Å². The molecule has 0 spiro atoms. The predicted octanol–water partition coefficient (Wildman–Crippen LogP) is 0.0673. The molecule has 0 saturated heterocycles. The van der Waals surface area contributed by atoms with Gasteiger partial charge in [0.2, 0.25) is 0 Å². The highest BCUT2D eigenvalue weighted by Gasteiger charge is 2.13. The summed E-state index contributed by atoms with van der Waals surface area (Å²) >= 11 is 0.978. The number of rotatable bonds is 3. The van der Waals surface area contributed by atoms with Crippen LogP contribution >= 0.6 is 11.8 Å². The molecule has 1 aromatic rings. The van der Waals surface area contributed by atoms with Crippen molar-refractivity contribution in [3.8, 4) is 12.1 Å². The maximum absolute atomic E-state index is 10.9. The zero-order chi connectivity index (χ0) is 12.8. The summed E-state index contributed by atoms with van der Waals surface area (Å²) < 4.78 is 4.45. The molecule has 0 atom stereocenters. The van der Waals surface area contributed by atoms with E-state index in [2.05, 4.69) is 14.7 Å². The molecule has 1 aromatic heterocycles. The molecule has 0 bridgehead atoms. The van der Waals surface area contributed by atoms with E-state index in [0.717, 1.165) is 11.8 Å². The Bertz CT molecular complexity index is 531. The summed E-state index contributed by atoms with van der Waals surface area (Å²) in [6.45, 7) is 0. The minimum absolute atomic E-state index is 0.00873. The second-order valence-corrected chi connectivity index (χ2v) is 3.66. The van der Waals surface area contributed by atoms with E-state index in [1.54, 1.807) is 12.1 Å². The smallest absolute Gasteiger partial charge is 0.316 e. The Balaban J connectivity index is 3.01. The number of carbonyl (C=O) groups excluding carboxylic acids is 1. The number of hydrogen-bond acceptors (Lipinski definition) is 8. The van der Waals surface area contributed by atoms with Gasteiger partial charge in [0, 0.05) is 0 Å². The van der Waals surface area contributed by atoms with Crippen molar-refractivity contribution in [2.45, 2.75) is 5.03 Å². The molecular weight excluding hydrogens is 242 g/mol. The molecule has 7 nitrogen and oxygen atoms in total. The number of aromatic nitrogens is 2. The van der Waals surface area contributed by atoms with Crippen LogP contribution in [0, 0.1) is 22.7 Å². The summed E-state index contributed by atoms with van der Waals surface area (Å²) in [4.78, 5) is 18.5. The molecule has 86 valence electrons. The highest BCUT2D eigenvalue weighted by Crippen LogP contribution is 2.21. The van der Waals surface area contributed by atoms with E-state index in [1.165, 1.54) is 7.11 Å². The normalized spacial score (nSPS) is 9.12. The monoisotopic (exact) mass is 249 g/mol. The topological polar surface area (TPSA) is 126 Å². The number of nitriles is 2. The van der Waals surface area contributed by atoms with E-state index in [-0.39, 0.29) is 28.0 Å². The van der Waals surface area contributed by atoms with Crippen molar-refractivity contribution >= 4 is 23.5 Å². The fraction of sp³-hybridized carbons (Fsp3) is 0.222. The summed E-state index contributed by atoms with van der Waals surface area (Å²) in [5.74, 6) is -0.534. The lowest BCUT2D eigenvalue weighted by Crippen LogP contribution is -2.06. The second kappa shape index (κ2) is 5.68. The highest BCUT2D eigenvalue weighted by molar-refractivity contribution is 7.99. The number of methoxy groups -OCH3 is 1. The fourth-order valence-corrected chi connectivity index (χ4v) is 1.64. The number of hydrogen-bond donors (Lipinski definition) is 1. The Morgan fingerprint density at radius 3 is 2.59 bits per heavy atom. The van der Waals surface area contributed by atoms with Crippen LogP contribution in [-0.2, 0) is 9.53 Å². The van der Waals surface area contributed by atoms with Crippen molar-refractivity contribution in [2.24, 2.45) is 0 Å². The Labute approximate surface area is 101 Å². The standard InChI is InChI=1S/C9H7N5O2S/c1-16-7(15)4-17-9-6(3-11)13-5(2-10)8(12)14-9/h4H2,1H3,(H2,12,14). The Hall–Kier alpha value is -2.32. The summed E-state index contributed by atoms with van der Waals surface area (Å²) in [6.07, 6.45) is 0. The first kappa shape index (κ1) is 12.7. The zero-order valence-electron chi connectivity index (χ0n) is 8.80. The zero-order valence-corrected chi connectivity index (χ0v) is 9.61. The molecule has 1 rings (SSSR count).